The molecule has 1 saturated carbocycles. The number of hydrogen-bond donors (Lipinski definition) is 0. The van der Waals surface area contributed by atoms with Crippen LogP contribution >= 0.6 is 0 Å². The first-order chi connectivity index (χ1) is 12.7. The van der Waals surface area contributed by atoms with Crippen LogP contribution in [0.2, 0.25) is 0 Å². The summed E-state index contributed by atoms with van der Waals surface area (Å²) < 4.78 is 10.9. The van der Waals surface area contributed by atoms with Gasteiger partial charge in [-0.1, -0.05) is 22.9 Å². The lowest BCUT2D eigenvalue weighted by Gasteiger charge is -2.30. The number of rotatable bonds is 6. The van der Waals surface area contributed by atoms with Crippen molar-refractivity contribution in [3.8, 4) is 0 Å². The van der Waals surface area contributed by atoms with Gasteiger partial charge in [-0.2, -0.15) is 4.98 Å². The molecule has 1 aliphatic carbocycles. The smallest absolute Gasteiger partial charge is 0.253 e. The molecule has 2 heterocycles. The van der Waals surface area contributed by atoms with Crippen molar-refractivity contribution in [1.29, 1.82) is 0 Å². The summed E-state index contributed by atoms with van der Waals surface area (Å²) in [6.07, 6.45) is 4.27. The van der Waals surface area contributed by atoms with Gasteiger partial charge in [0.25, 0.3) is 11.8 Å². The van der Waals surface area contributed by atoms with Gasteiger partial charge >= 0.3 is 0 Å². The topological polar surface area (TPSA) is 68.5 Å². The molecule has 1 saturated heterocycles. The minimum Gasteiger partial charge on any atom is -0.371 e. The molecule has 2 fully saturated rings. The van der Waals surface area contributed by atoms with Crippen molar-refractivity contribution in [2.24, 2.45) is 5.92 Å². The quantitative estimate of drug-likeness (QED) is 0.795. The molecule has 4 rings (SSSR count). The van der Waals surface area contributed by atoms with Crippen molar-refractivity contribution in [3.63, 3.8) is 0 Å². The van der Waals surface area contributed by atoms with E-state index in [0.29, 0.717) is 12.5 Å². The summed E-state index contributed by atoms with van der Waals surface area (Å²) in [6.45, 7) is 4.63. The van der Waals surface area contributed by atoms with Crippen molar-refractivity contribution >= 4 is 5.91 Å². The Balaban J connectivity index is 1.29. The predicted octanol–water partition coefficient (Wildman–Crippen LogP) is 3.32. The van der Waals surface area contributed by atoms with E-state index in [9.17, 15) is 4.79 Å². The normalized spacial score (nSPS) is 18.3. The SMILES string of the molecule is Cc1cccc(C(=O)N2CCC(c3noc(COCC4CC4)n3)CC2)c1. The lowest BCUT2D eigenvalue weighted by atomic mass is 9.95. The van der Waals surface area contributed by atoms with Gasteiger partial charge in [0.1, 0.15) is 6.61 Å². The summed E-state index contributed by atoms with van der Waals surface area (Å²) in [6, 6.07) is 7.77. The third kappa shape index (κ3) is 4.12. The Kier molecular flexibility index (Phi) is 5.02. The van der Waals surface area contributed by atoms with E-state index in [0.717, 1.165) is 55.4 Å². The maximum absolute atomic E-state index is 12.6. The Labute approximate surface area is 153 Å². The first-order valence-electron chi connectivity index (χ1n) is 9.45. The molecule has 0 bridgehead atoms. The first kappa shape index (κ1) is 17.2. The second-order valence-corrected chi connectivity index (χ2v) is 7.44. The van der Waals surface area contributed by atoms with Crippen LogP contribution < -0.4 is 0 Å². The van der Waals surface area contributed by atoms with Crippen LogP contribution in [0, 0.1) is 12.8 Å². The Morgan fingerprint density at radius 3 is 2.81 bits per heavy atom. The fourth-order valence-corrected chi connectivity index (χ4v) is 3.39. The maximum Gasteiger partial charge on any atom is 0.253 e. The van der Waals surface area contributed by atoms with E-state index >= 15 is 0 Å². The zero-order valence-electron chi connectivity index (χ0n) is 15.2. The molecule has 0 N–H and O–H groups in total. The number of aromatic nitrogens is 2. The standard InChI is InChI=1S/C20H25N3O3/c1-14-3-2-4-17(11-14)20(24)23-9-7-16(8-10-23)19-21-18(26-22-19)13-25-12-15-5-6-15/h2-4,11,15-16H,5-10,12-13H2,1H3. The fourth-order valence-electron chi connectivity index (χ4n) is 3.39. The van der Waals surface area contributed by atoms with Crippen molar-refractivity contribution < 1.29 is 14.1 Å². The maximum atomic E-state index is 12.6. The first-order valence-corrected chi connectivity index (χ1v) is 9.45. The van der Waals surface area contributed by atoms with Crippen molar-refractivity contribution in [2.75, 3.05) is 19.7 Å². The van der Waals surface area contributed by atoms with Gasteiger partial charge in [-0.15, -0.1) is 0 Å². The van der Waals surface area contributed by atoms with Gasteiger partial charge in [0.15, 0.2) is 5.82 Å². The average molecular weight is 355 g/mol. The molecule has 1 amide bonds. The second kappa shape index (κ2) is 7.58. The molecule has 0 spiro atoms. The fraction of sp³-hybridized carbons (Fsp3) is 0.550. The molecule has 2 aromatic rings. The number of carbonyl (C=O) groups is 1. The van der Waals surface area contributed by atoms with Gasteiger partial charge < -0.3 is 14.2 Å². The van der Waals surface area contributed by atoms with E-state index in [-0.39, 0.29) is 11.8 Å². The van der Waals surface area contributed by atoms with Crippen LogP contribution in [0.1, 0.15) is 59.2 Å². The van der Waals surface area contributed by atoms with Crippen molar-refractivity contribution in [1.82, 2.24) is 15.0 Å². The molecule has 1 aromatic carbocycles. The molecule has 138 valence electrons. The highest BCUT2D eigenvalue weighted by molar-refractivity contribution is 5.94. The number of likely N-dealkylation sites (tertiary alicyclic amines) is 1. The Morgan fingerprint density at radius 2 is 2.08 bits per heavy atom. The van der Waals surface area contributed by atoms with Crippen LogP contribution in [0.3, 0.4) is 0 Å². The van der Waals surface area contributed by atoms with Crippen LogP contribution in [-0.2, 0) is 11.3 Å². The number of piperidine rings is 1. The van der Waals surface area contributed by atoms with Gasteiger partial charge in [-0.25, -0.2) is 0 Å². The third-order valence-corrected chi connectivity index (χ3v) is 5.17. The highest BCUT2D eigenvalue weighted by atomic mass is 16.5. The molecule has 1 aromatic heterocycles. The molecular formula is C20H25N3O3. The average Bonchev–Trinajstić information content (AvgIpc) is 3.37. The van der Waals surface area contributed by atoms with Crippen LogP contribution in [0.15, 0.2) is 28.8 Å². The molecule has 0 unspecified atom stereocenters. The van der Waals surface area contributed by atoms with Crippen LogP contribution in [0.5, 0.6) is 0 Å². The van der Waals surface area contributed by atoms with E-state index in [1.165, 1.54) is 12.8 Å². The zero-order chi connectivity index (χ0) is 17.9. The summed E-state index contributed by atoms with van der Waals surface area (Å²) in [4.78, 5) is 19.0. The summed E-state index contributed by atoms with van der Waals surface area (Å²) in [5.74, 6) is 2.39. The number of carbonyl (C=O) groups excluding carboxylic acids is 1. The molecule has 6 heteroatoms. The molecule has 6 nitrogen and oxygen atoms in total. The second-order valence-electron chi connectivity index (χ2n) is 7.44. The molecule has 0 atom stereocenters. The summed E-state index contributed by atoms with van der Waals surface area (Å²) >= 11 is 0. The van der Waals surface area contributed by atoms with Crippen LogP contribution in [0.25, 0.3) is 0 Å². The number of amides is 1. The number of nitrogens with zero attached hydrogens (tertiary/aromatic N) is 3. The summed E-state index contributed by atoms with van der Waals surface area (Å²) in [7, 11) is 0. The Morgan fingerprint density at radius 1 is 1.27 bits per heavy atom. The lowest BCUT2D eigenvalue weighted by Crippen LogP contribution is -2.38. The summed E-state index contributed by atoms with van der Waals surface area (Å²) in [5, 5.41) is 4.12. The Hall–Kier alpha value is -2.21. The van der Waals surface area contributed by atoms with E-state index in [1.807, 2.05) is 36.1 Å². The van der Waals surface area contributed by atoms with Crippen LogP contribution in [-0.4, -0.2) is 40.6 Å². The number of aryl methyl sites for hydroxylation is 1. The zero-order valence-corrected chi connectivity index (χ0v) is 15.2. The summed E-state index contributed by atoms with van der Waals surface area (Å²) in [5.41, 5.74) is 1.87. The van der Waals surface area contributed by atoms with E-state index < -0.39 is 0 Å². The van der Waals surface area contributed by atoms with Crippen molar-refractivity contribution in [3.05, 3.63) is 47.1 Å². The molecule has 1 aliphatic heterocycles. The number of ether oxygens (including phenoxy) is 1. The van der Waals surface area contributed by atoms with E-state index in [4.69, 9.17) is 9.26 Å². The predicted molar refractivity (Wildman–Crippen MR) is 95.7 cm³/mol. The number of hydrogen-bond acceptors (Lipinski definition) is 5. The van der Waals surface area contributed by atoms with Gasteiger partial charge in [0, 0.05) is 24.6 Å². The Bertz CT molecular complexity index is 761. The molecule has 26 heavy (non-hydrogen) atoms. The van der Waals surface area contributed by atoms with Gasteiger partial charge in [-0.05, 0) is 50.7 Å². The van der Waals surface area contributed by atoms with Crippen molar-refractivity contribution in [2.45, 2.75) is 45.1 Å². The largest absolute Gasteiger partial charge is 0.371 e. The monoisotopic (exact) mass is 355 g/mol. The molecule has 2 aliphatic rings. The number of benzene rings is 1. The minimum absolute atomic E-state index is 0.106. The minimum atomic E-state index is 0.106. The van der Waals surface area contributed by atoms with E-state index in [1.54, 1.807) is 0 Å². The highest BCUT2D eigenvalue weighted by Crippen LogP contribution is 2.29. The third-order valence-electron chi connectivity index (χ3n) is 5.17. The van der Waals surface area contributed by atoms with E-state index in [2.05, 4.69) is 10.1 Å². The van der Waals surface area contributed by atoms with Gasteiger partial charge in [0.05, 0.1) is 6.61 Å². The molecular weight excluding hydrogens is 330 g/mol. The lowest BCUT2D eigenvalue weighted by molar-refractivity contribution is 0.0710. The van der Waals surface area contributed by atoms with Gasteiger partial charge in [0.2, 0.25) is 0 Å². The molecule has 0 radical (unpaired) electrons. The van der Waals surface area contributed by atoms with Gasteiger partial charge in [-0.3, -0.25) is 4.79 Å². The van der Waals surface area contributed by atoms with Crippen LogP contribution in [0.4, 0.5) is 0 Å². The highest BCUT2D eigenvalue weighted by Gasteiger charge is 2.28.